The highest BCUT2D eigenvalue weighted by atomic mass is 16.4. The van der Waals surface area contributed by atoms with Crippen LogP contribution in [0.3, 0.4) is 0 Å². The van der Waals surface area contributed by atoms with E-state index in [9.17, 15) is 9.59 Å². The number of nitrogens with zero attached hydrogens (tertiary/aromatic N) is 3. The summed E-state index contributed by atoms with van der Waals surface area (Å²) in [6, 6.07) is 7.13. The molecule has 0 saturated carbocycles. The van der Waals surface area contributed by atoms with Gasteiger partial charge in [-0.15, -0.1) is 0 Å². The molecular weight excluding hydrogens is 272 g/mol. The van der Waals surface area contributed by atoms with Crippen molar-refractivity contribution in [3.63, 3.8) is 0 Å². The van der Waals surface area contributed by atoms with Crippen LogP contribution in [-0.2, 0) is 11.3 Å². The summed E-state index contributed by atoms with van der Waals surface area (Å²) in [6.07, 6.45) is 3.00. The fourth-order valence-corrected chi connectivity index (χ4v) is 1.80. The average Bonchev–Trinajstić information content (AvgIpc) is 2.97. The summed E-state index contributed by atoms with van der Waals surface area (Å²) >= 11 is 0. The van der Waals surface area contributed by atoms with Crippen LogP contribution >= 0.6 is 0 Å². The largest absolute Gasteiger partial charge is 0.481 e. The summed E-state index contributed by atoms with van der Waals surface area (Å²) in [5.74, 6) is -1.86. The summed E-state index contributed by atoms with van der Waals surface area (Å²) < 4.78 is 1.62. The summed E-state index contributed by atoms with van der Waals surface area (Å²) in [7, 11) is 0. The monoisotopic (exact) mass is 288 g/mol. The van der Waals surface area contributed by atoms with Gasteiger partial charge >= 0.3 is 5.97 Å². The van der Waals surface area contributed by atoms with E-state index < -0.39 is 11.9 Å². The molecule has 1 amide bonds. The predicted octanol–water partition coefficient (Wildman–Crippen LogP) is 0.777. The van der Waals surface area contributed by atoms with Gasteiger partial charge in [0.2, 0.25) is 0 Å². The number of aromatic nitrogens is 3. The average molecular weight is 288 g/mol. The third-order valence-electron chi connectivity index (χ3n) is 3.05. The van der Waals surface area contributed by atoms with Crippen molar-refractivity contribution in [2.24, 2.45) is 5.92 Å². The number of hydrogen-bond donors (Lipinski definition) is 2. The molecule has 1 aromatic heterocycles. The van der Waals surface area contributed by atoms with Crippen molar-refractivity contribution >= 4 is 11.9 Å². The molecule has 7 heteroatoms. The number of amides is 1. The van der Waals surface area contributed by atoms with E-state index >= 15 is 0 Å². The summed E-state index contributed by atoms with van der Waals surface area (Å²) in [5.41, 5.74) is 1.30. The molecule has 0 aliphatic rings. The van der Waals surface area contributed by atoms with Gasteiger partial charge in [0.1, 0.15) is 12.7 Å². The third kappa shape index (κ3) is 3.88. The Balaban J connectivity index is 2.08. The van der Waals surface area contributed by atoms with E-state index in [1.165, 1.54) is 6.33 Å². The quantitative estimate of drug-likeness (QED) is 0.818. The first kappa shape index (κ1) is 14.7. The van der Waals surface area contributed by atoms with Crippen LogP contribution in [0.1, 0.15) is 22.8 Å². The van der Waals surface area contributed by atoms with Crippen LogP contribution < -0.4 is 5.32 Å². The number of carbonyl (C=O) groups excluding carboxylic acids is 1. The molecule has 0 radical (unpaired) electrons. The minimum Gasteiger partial charge on any atom is -0.481 e. The minimum atomic E-state index is -0.939. The molecule has 1 aromatic carbocycles. The van der Waals surface area contributed by atoms with Crippen LogP contribution in [0.25, 0.3) is 0 Å². The third-order valence-corrected chi connectivity index (χ3v) is 3.05. The lowest BCUT2D eigenvalue weighted by Crippen LogP contribution is -2.32. The van der Waals surface area contributed by atoms with Crippen LogP contribution in [-0.4, -0.2) is 38.3 Å². The molecule has 0 aliphatic carbocycles. The smallest absolute Gasteiger partial charge is 0.308 e. The number of carboxylic acid groups (broad SMARTS) is 1. The van der Waals surface area contributed by atoms with Crippen molar-refractivity contribution in [2.45, 2.75) is 13.5 Å². The molecule has 21 heavy (non-hydrogen) atoms. The number of carboxylic acids is 1. The fraction of sp³-hybridized carbons (Fsp3) is 0.286. The van der Waals surface area contributed by atoms with Crippen LogP contribution in [0.2, 0.25) is 0 Å². The lowest BCUT2D eigenvalue weighted by Gasteiger charge is -2.11. The highest BCUT2D eigenvalue weighted by Crippen LogP contribution is 2.10. The molecule has 1 heterocycles. The number of rotatable bonds is 6. The summed E-state index contributed by atoms with van der Waals surface area (Å²) in [4.78, 5) is 26.8. The molecule has 0 fully saturated rings. The van der Waals surface area contributed by atoms with Gasteiger partial charge in [0.25, 0.3) is 5.91 Å². The van der Waals surface area contributed by atoms with Crippen molar-refractivity contribution < 1.29 is 14.7 Å². The maximum Gasteiger partial charge on any atom is 0.308 e. The van der Waals surface area contributed by atoms with Gasteiger partial charge in [0.05, 0.1) is 12.5 Å². The van der Waals surface area contributed by atoms with E-state index in [1.807, 2.05) is 12.1 Å². The Morgan fingerprint density at radius 2 is 2.14 bits per heavy atom. The van der Waals surface area contributed by atoms with E-state index in [4.69, 9.17) is 5.11 Å². The Kier molecular flexibility index (Phi) is 4.65. The lowest BCUT2D eigenvalue weighted by molar-refractivity contribution is -0.140. The Morgan fingerprint density at radius 1 is 1.38 bits per heavy atom. The van der Waals surface area contributed by atoms with Gasteiger partial charge in [-0.2, -0.15) is 5.10 Å². The van der Waals surface area contributed by atoms with Crippen molar-refractivity contribution in [2.75, 3.05) is 6.54 Å². The molecule has 0 bridgehead atoms. The van der Waals surface area contributed by atoms with Crippen LogP contribution in [0, 0.1) is 5.92 Å². The minimum absolute atomic E-state index is 0.0891. The second-order valence-corrected chi connectivity index (χ2v) is 4.70. The van der Waals surface area contributed by atoms with E-state index in [0.717, 1.165) is 5.56 Å². The van der Waals surface area contributed by atoms with Gasteiger partial charge in [-0.05, 0) is 11.6 Å². The summed E-state index contributed by atoms with van der Waals surface area (Å²) in [6.45, 7) is 2.06. The van der Waals surface area contributed by atoms with Crippen LogP contribution in [0.15, 0.2) is 36.9 Å². The van der Waals surface area contributed by atoms with Gasteiger partial charge < -0.3 is 10.4 Å². The first-order valence-electron chi connectivity index (χ1n) is 6.49. The van der Waals surface area contributed by atoms with Gasteiger partial charge in [-0.3, -0.25) is 9.59 Å². The van der Waals surface area contributed by atoms with Gasteiger partial charge in [0, 0.05) is 12.1 Å². The van der Waals surface area contributed by atoms with E-state index in [-0.39, 0.29) is 12.5 Å². The van der Waals surface area contributed by atoms with Gasteiger partial charge in [0.15, 0.2) is 0 Å². The molecule has 7 nitrogen and oxygen atoms in total. The Bertz CT molecular complexity index is 625. The molecule has 1 atom stereocenters. The Labute approximate surface area is 121 Å². The van der Waals surface area contributed by atoms with Crippen molar-refractivity contribution in [1.29, 1.82) is 0 Å². The molecular formula is C14H16N4O3. The predicted molar refractivity (Wildman–Crippen MR) is 74.7 cm³/mol. The molecule has 0 aliphatic heterocycles. The first-order chi connectivity index (χ1) is 10.1. The number of hydrogen-bond acceptors (Lipinski definition) is 4. The molecule has 110 valence electrons. The van der Waals surface area contributed by atoms with Crippen molar-refractivity contribution in [3.05, 3.63) is 48.0 Å². The molecule has 0 saturated heterocycles. The van der Waals surface area contributed by atoms with Gasteiger partial charge in [-0.25, -0.2) is 9.67 Å². The lowest BCUT2D eigenvalue weighted by atomic mass is 10.1. The zero-order chi connectivity index (χ0) is 15.2. The van der Waals surface area contributed by atoms with E-state index in [0.29, 0.717) is 12.1 Å². The molecule has 2 N–H and O–H groups in total. The van der Waals surface area contributed by atoms with Crippen molar-refractivity contribution in [3.8, 4) is 0 Å². The number of aliphatic carboxylic acids is 1. The normalized spacial score (nSPS) is 11.9. The Morgan fingerprint density at radius 3 is 2.81 bits per heavy atom. The molecule has 1 unspecified atom stereocenters. The maximum absolute atomic E-state index is 12.2. The van der Waals surface area contributed by atoms with Gasteiger partial charge in [-0.1, -0.05) is 25.1 Å². The van der Waals surface area contributed by atoms with E-state index in [2.05, 4.69) is 15.4 Å². The Hall–Kier alpha value is -2.70. The van der Waals surface area contributed by atoms with Crippen molar-refractivity contribution in [1.82, 2.24) is 20.1 Å². The maximum atomic E-state index is 12.2. The SMILES string of the molecule is CC(CNC(=O)c1ccccc1Cn1cncn1)C(=O)O. The molecule has 2 rings (SSSR count). The first-order valence-corrected chi connectivity index (χ1v) is 6.49. The second kappa shape index (κ2) is 6.65. The summed E-state index contributed by atoms with van der Waals surface area (Å²) in [5, 5.41) is 15.5. The molecule has 2 aromatic rings. The highest BCUT2D eigenvalue weighted by molar-refractivity contribution is 5.95. The molecule has 0 spiro atoms. The zero-order valence-electron chi connectivity index (χ0n) is 11.6. The standard InChI is InChI=1S/C14H16N4O3/c1-10(14(20)21)6-16-13(19)12-5-3-2-4-11(12)7-18-9-15-8-17-18/h2-5,8-10H,6-7H2,1H3,(H,16,19)(H,20,21). The fourth-order valence-electron chi connectivity index (χ4n) is 1.80. The van der Waals surface area contributed by atoms with Crippen LogP contribution in [0.4, 0.5) is 0 Å². The van der Waals surface area contributed by atoms with E-state index in [1.54, 1.807) is 30.1 Å². The number of carbonyl (C=O) groups is 2. The topological polar surface area (TPSA) is 97.1 Å². The zero-order valence-corrected chi connectivity index (χ0v) is 11.6. The van der Waals surface area contributed by atoms with Crippen LogP contribution in [0.5, 0.6) is 0 Å². The number of benzene rings is 1. The second-order valence-electron chi connectivity index (χ2n) is 4.70. The highest BCUT2D eigenvalue weighted by Gasteiger charge is 2.15. The number of nitrogens with one attached hydrogen (secondary N) is 1.